The van der Waals surface area contributed by atoms with E-state index in [4.69, 9.17) is 17.3 Å². The molecule has 0 spiro atoms. The maximum absolute atomic E-state index is 11.1. The number of nitro groups is 1. The molecule has 0 saturated heterocycles. The number of amides is 1. The molecule has 0 unspecified atom stereocenters. The minimum atomic E-state index is -0.704. The summed E-state index contributed by atoms with van der Waals surface area (Å²) in [4.78, 5) is 21.7. The minimum Gasteiger partial charge on any atom is -0.379 e. The van der Waals surface area contributed by atoms with Crippen LogP contribution < -0.4 is 11.1 Å². The van der Waals surface area contributed by atoms with Crippen LogP contribution in [0.1, 0.15) is 21.5 Å². The standard InChI is InChI=1S/C15H14ClN3O3/c1-9-2-5-13(12(16)6-9)18-8-11-4-3-10(15(17)20)7-14(11)19(21)22/h2-7,18H,8H2,1H3,(H2,17,20). The summed E-state index contributed by atoms with van der Waals surface area (Å²) in [5.41, 5.74) is 7.22. The van der Waals surface area contributed by atoms with Crippen LogP contribution in [-0.4, -0.2) is 10.8 Å². The number of anilines is 1. The van der Waals surface area contributed by atoms with Gasteiger partial charge in [-0.15, -0.1) is 0 Å². The van der Waals surface area contributed by atoms with E-state index < -0.39 is 10.8 Å². The van der Waals surface area contributed by atoms with Gasteiger partial charge < -0.3 is 11.1 Å². The van der Waals surface area contributed by atoms with Gasteiger partial charge in [0.15, 0.2) is 0 Å². The van der Waals surface area contributed by atoms with Crippen molar-refractivity contribution < 1.29 is 9.72 Å². The van der Waals surface area contributed by atoms with Gasteiger partial charge in [-0.2, -0.15) is 0 Å². The average molecular weight is 320 g/mol. The number of aryl methyl sites for hydroxylation is 1. The van der Waals surface area contributed by atoms with Gasteiger partial charge in [0.25, 0.3) is 5.69 Å². The summed E-state index contributed by atoms with van der Waals surface area (Å²) in [6.07, 6.45) is 0. The van der Waals surface area contributed by atoms with Crippen LogP contribution in [0.5, 0.6) is 0 Å². The van der Waals surface area contributed by atoms with Crippen LogP contribution in [0, 0.1) is 17.0 Å². The number of rotatable bonds is 5. The van der Waals surface area contributed by atoms with Crippen molar-refractivity contribution in [1.82, 2.24) is 0 Å². The summed E-state index contributed by atoms with van der Waals surface area (Å²) in [6, 6.07) is 9.64. The lowest BCUT2D eigenvalue weighted by Crippen LogP contribution is -2.12. The van der Waals surface area contributed by atoms with E-state index in [1.54, 1.807) is 12.1 Å². The first-order valence-corrected chi connectivity index (χ1v) is 6.83. The quantitative estimate of drug-likeness (QED) is 0.652. The van der Waals surface area contributed by atoms with E-state index in [1.165, 1.54) is 18.2 Å². The molecule has 0 fully saturated rings. The van der Waals surface area contributed by atoms with Crippen LogP contribution in [0.25, 0.3) is 0 Å². The molecule has 2 rings (SSSR count). The molecule has 6 nitrogen and oxygen atoms in total. The second-order valence-corrected chi connectivity index (χ2v) is 5.21. The number of nitro benzene ring substituents is 1. The highest BCUT2D eigenvalue weighted by atomic mass is 35.5. The number of nitrogens with one attached hydrogen (secondary N) is 1. The van der Waals surface area contributed by atoms with Crippen molar-refractivity contribution >= 4 is 28.9 Å². The van der Waals surface area contributed by atoms with Gasteiger partial charge in [-0.25, -0.2) is 0 Å². The molecule has 0 atom stereocenters. The highest BCUT2D eigenvalue weighted by Crippen LogP contribution is 2.25. The van der Waals surface area contributed by atoms with Crippen LogP contribution in [0.4, 0.5) is 11.4 Å². The Morgan fingerprint density at radius 1 is 1.32 bits per heavy atom. The van der Waals surface area contributed by atoms with E-state index in [1.807, 2.05) is 13.0 Å². The van der Waals surface area contributed by atoms with Crippen LogP contribution in [0.2, 0.25) is 5.02 Å². The minimum absolute atomic E-state index is 0.101. The van der Waals surface area contributed by atoms with Crippen molar-refractivity contribution in [3.63, 3.8) is 0 Å². The van der Waals surface area contributed by atoms with Gasteiger partial charge in [0.2, 0.25) is 5.91 Å². The van der Waals surface area contributed by atoms with Crippen LogP contribution in [0.15, 0.2) is 36.4 Å². The molecular formula is C15H14ClN3O3. The second-order valence-electron chi connectivity index (χ2n) is 4.80. The van der Waals surface area contributed by atoms with E-state index in [2.05, 4.69) is 5.32 Å². The Kier molecular flexibility index (Phi) is 4.62. The van der Waals surface area contributed by atoms with E-state index >= 15 is 0 Å². The zero-order chi connectivity index (χ0) is 16.3. The van der Waals surface area contributed by atoms with Crippen LogP contribution in [0.3, 0.4) is 0 Å². The maximum atomic E-state index is 11.1. The Hall–Kier alpha value is -2.60. The Labute approximate surface area is 132 Å². The van der Waals surface area contributed by atoms with Crippen molar-refractivity contribution in [3.8, 4) is 0 Å². The van der Waals surface area contributed by atoms with Crippen LogP contribution >= 0.6 is 11.6 Å². The zero-order valence-electron chi connectivity index (χ0n) is 11.8. The third-order valence-corrected chi connectivity index (χ3v) is 3.47. The Bertz CT molecular complexity index is 747. The van der Waals surface area contributed by atoms with E-state index in [0.29, 0.717) is 16.3 Å². The maximum Gasteiger partial charge on any atom is 0.275 e. The number of nitrogens with zero attached hydrogens (tertiary/aromatic N) is 1. The number of hydrogen-bond donors (Lipinski definition) is 2. The number of benzene rings is 2. The molecule has 0 saturated carbocycles. The molecule has 0 heterocycles. The number of carbonyl (C=O) groups is 1. The number of nitrogens with two attached hydrogens (primary N) is 1. The Morgan fingerprint density at radius 2 is 2.05 bits per heavy atom. The summed E-state index contributed by atoms with van der Waals surface area (Å²) in [7, 11) is 0. The van der Waals surface area contributed by atoms with Crippen molar-refractivity contribution in [3.05, 3.63) is 68.2 Å². The summed E-state index contributed by atoms with van der Waals surface area (Å²) in [5.74, 6) is -0.704. The fraction of sp³-hybridized carbons (Fsp3) is 0.133. The average Bonchev–Trinajstić information content (AvgIpc) is 2.46. The molecule has 1 amide bonds. The molecule has 0 aliphatic rings. The Balaban J connectivity index is 2.25. The molecule has 0 radical (unpaired) electrons. The third-order valence-electron chi connectivity index (χ3n) is 3.16. The van der Waals surface area contributed by atoms with Gasteiger partial charge in [0.05, 0.1) is 15.6 Å². The lowest BCUT2D eigenvalue weighted by molar-refractivity contribution is -0.385. The summed E-state index contributed by atoms with van der Waals surface area (Å²) in [6.45, 7) is 2.13. The molecular weight excluding hydrogens is 306 g/mol. The first kappa shape index (κ1) is 15.8. The van der Waals surface area contributed by atoms with E-state index in [0.717, 1.165) is 5.56 Å². The van der Waals surface area contributed by atoms with Gasteiger partial charge in [-0.1, -0.05) is 17.7 Å². The first-order chi connectivity index (χ1) is 10.4. The number of halogens is 1. The van der Waals surface area contributed by atoms with Gasteiger partial charge in [-0.3, -0.25) is 14.9 Å². The molecule has 2 aromatic rings. The zero-order valence-corrected chi connectivity index (χ0v) is 12.6. The van der Waals surface area contributed by atoms with Crippen molar-refractivity contribution in [1.29, 1.82) is 0 Å². The Morgan fingerprint density at radius 3 is 2.64 bits per heavy atom. The van der Waals surface area contributed by atoms with Gasteiger partial charge in [0, 0.05) is 23.7 Å². The molecule has 22 heavy (non-hydrogen) atoms. The van der Waals surface area contributed by atoms with Crippen molar-refractivity contribution in [2.75, 3.05) is 5.32 Å². The summed E-state index contributed by atoms with van der Waals surface area (Å²) in [5, 5.41) is 14.7. The summed E-state index contributed by atoms with van der Waals surface area (Å²) < 4.78 is 0. The third kappa shape index (κ3) is 3.53. The second kappa shape index (κ2) is 6.44. The number of hydrogen-bond acceptors (Lipinski definition) is 4. The highest BCUT2D eigenvalue weighted by Gasteiger charge is 2.16. The van der Waals surface area contributed by atoms with Crippen molar-refractivity contribution in [2.45, 2.75) is 13.5 Å². The normalized spacial score (nSPS) is 10.3. The largest absolute Gasteiger partial charge is 0.379 e. The van der Waals surface area contributed by atoms with Gasteiger partial charge in [-0.05, 0) is 36.8 Å². The smallest absolute Gasteiger partial charge is 0.275 e. The van der Waals surface area contributed by atoms with Gasteiger partial charge in [0.1, 0.15) is 0 Å². The molecule has 114 valence electrons. The van der Waals surface area contributed by atoms with Gasteiger partial charge >= 0.3 is 0 Å². The fourth-order valence-electron chi connectivity index (χ4n) is 1.99. The lowest BCUT2D eigenvalue weighted by Gasteiger charge is -2.10. The molecule has 0 aliphatic carbocycles. The SMILES string of the molecule is Cc1ccc(NCc2ccc(C(N)=O)cc2[N+](=O)[O-])c(Cl)c1. The van der Waals surface area contributed by atoms with E-state index in [9.17, 15) is 14.9 Å². The molecule has 0 aromatic heterocycles. The number of primary amides is 1. The lowest BCUT2D eigenvalue weighted by atomic mass is 10.1. The van der Waals surface area contributed by atoms with E-state index in [-0.39, 0.29) is 17.8 Å². The monoisotopic (exact) mass is 319 g/mol. The number of carbonyl (C=O) groups excluding carboxylic acids is 1. The molecule has 2 aromatic carbocycles. The molecule has 7 heteroatoms. The fourth-order valence-corrected chi connectivity index (χ4v) is 2.29. The predicted octanol–water partition coefficient (Wildman–Crippen LogP) is 3.27. The topological polar surface area (TPSA) is 98.3 Å². The molecule has 0 aliphatic heterocycles. The first-order valence-electron chi connectivity index (χ1n) is 6.45. The highest BCUT2D eigenvalue weighted by molar-refractivity contribution is 6.33. The van der Waals surface area contributed by atoms with Crippen molar-refractivity contribution in [2.24, 2.45) is 5.73 Å². The predicted molar refractivity (Wildman–Crippen MR) is 85.1 cm³/mol. The molecule has 0 bridgehead atoms. The van der Waals surface area contributed by atoms with Crippen LogP contribution in [-0.2, 0) is 6.54 Å². The molecule has 3 N–H and O–H groups in total. The summed E-state index contributed by atoms with van der Waals surface area (Å²) >= 11 is 6.11.